The number of carbonyl (C=O) groups excluding carboxylic acids is 1. The topological polar surface area (TPSA) is 59.2 Å². The second-order valence-corrected chi connectivity index (χ2v) is 4.91. The molecule has 0 bridgehead atoms. The van der Waals surface area contributed by atoms with E-state index in [9.17, 15) is 4.79 Å². The molecule has 0 fully saturated rings. The van der Waals surface area contributed by atoms with Gasteiger partial charge in [0.25, 0.3) is 5.91 Å². The minimum Gasteiger partial charge on any atom is -0.384 e. The molecule has 1 amide bonds. The van der Waals surface area contributed by atoms with Crippen molar-refractivity contribution in [3.05, 3.63) is 23.9 Å². The van der Waals surface area contributed by atoms with Crippen molar-refractivity contribution in [3.63, 3.8) is 0 Å². The van der Waals surface area contributed by atoms with Gasteiger partial charge in [0.2, 0.25) is 0 Å². The molecular weight excluding hydrogens is 214 g/mol. The van der Waals surface area contributed by atoms with Gasteiger partial charge in [0.1, 0.15) is 5.82 Å². The Bertz CT molecular complexity index is 388. The fourth-order valence-electron chi connectivity index (χ4n) is 1.67. The Balaban J connectivity index is 2.92. The molecule has 0 spiro atoms. The van der Waals surface area contributed by atoms with Crippen LogP contribution >= 0.6 is 0 Å². The molecule has 1 aromatic heterocycles. The molecule has 94 valence electrons. The molecule has 0 aliphatic heterocycles. The number of rotatable bonds is 4. The number of anilines is 1. The molecule has 0 aliphatic carbocycles. The van der Waals surface area contributed by atoms with Crippen LogP contribution in [0.3, 0.4) is 0 Å². The summed E-state index contributed by atoms with van der Waals surface area (Å²) in [6.07, 6.45) is 1.57. The summed E-state index contributed by atoms with van der Waals surface area (Å²) in [5.74, 6) is 0.840. The minimum absolute atomic E-state index is 0.0165. The molecule has 17 heavy (non-hydrogen) atoms. The van der Waals surface area contributed by atoms with Crippen LogP contribution in [0.1, 0.15) is 38.1 Å². The van der Waals surface area contributed by atoms with Crippen LogP contribution in [0.2, 0.25) is 0 Å². The quantitative estimate of drug-likeness (QED) is 0.870. The molecule has 0 saturated carbocycles. The Morgan fingerprint density at radius 2 is 2.06 bits per heavy atom. The van der Waals surface area contributed by atoms with E-state index < -0.39 is 0 Å². The molecule has 4 heteroatoms. The Labute approximate surface area is 103 Å². The van der Waals surface area contributed by atoms with Gasteiger partial charge in [0, 0.05) is 24.3 Å². The summed E-state index contributed by atoms with van der Waals surface area (Å²) in [5.41, 5.74) is 6.20. The van der Waals surface area contributed by atoms with E-state index in [1.807, 2.05) is 18.7 Å². The van der Waals surface area contributed by atoms with Gasteiger partial charge >= 0.3 is 0 Å². The summed E-state index contributed by atoms with van der Waals surface area (Å²) in [4.78, 5) is 18.1. The Hall–Kier alpha value is -1.58. The molecule has 0 atom stereocenters. The van der Waals surface area contributed by atoms with Gasteiger partial charge in [-0.2, -0.15) is 0 Å². The predicted molar refractivity (Wildman–Crippen MR) is 69.7 cm³/mol. The van der Waals surface area contributed by atoms with Crippen molar-refractivity contribution >= 4 is 11.7 Å². The highest BCUT2D eigenvalue weighted by atomic mass is 16.2. The lowest BCUT2D eigenvalue weighted by atomic mass is 10.1. The van der Waals surface area contributed by atoms with Crippen LogP contribution in [0.4, 0.5) is 5.82 Å². The Kier molecular flexibility index (Phi) is 4.49. The smallest absolute Gasteiger partial charge is 0.254 e. The molecule has 0 unspecified atom stereocenters. The normalized spacial score (nSPS) is 10.9. The largest absolute Gasteiger partial charge is 0.384 e. The molecular formula is C13H21N3O. The molecule has 4 nitrogen and oxygen atoms in total. The average Bonchev–Trinajstić information content (AvgIpc) is 2.24. The molecule has 0 aliphatic rings. The fraction of sp³-hybridized carbons (Fsp3) is 0.538. The van der Waals surface area contributed by atoms with E-state index in [2.05, 4.69) is 18.8 Å². The summed E-state index contributed by atoms with van der Waals surface area (Å²) in [7, 11) is 0. The third-order valence-electron chi connectivity index (χ3n) is 2.47. The maximum atomic E-state index is 12.3. The van der Waals surface area contributed by atoms with Crippen LogP contribution in [0.15, 0.2) is 18.3 Å². The number of pyridine rings is 1. The molecule has 0 saturated heterocycles. The van der Waals surface area contributed by atoms with Crippen molar-refractivity contribution in [2.24, 2.45) is 5.92 Å². The summed E-state index contributed by atoms with van der Waals surface area (Å²) >= 11 is 0. The number of hydrogen-bond donors (Lipinski definition) is 1. The van der Waals surface area contributed by atoms with Crippen LogP contribution in [0.5, 0.6) is 0 Å². The summed E-state index contributed by atoms with van der Waals surface area (Å²) in [6, 6.07) is 3.51. The van der Waals surface area contributed by atoms with Crippen LogP contribution in [0, 0.1) is 5.92 Å². The van der Waals surface area contributed by atoms with Gasteiger partial charge in [-0.15, -0.1) is 0 Å². The average molecular weight is 235 g/mol. The highest BCUT2D eigenvalue weighted by molar-refractivity contribution is 5.94. The van der Waals surface area contributed by atoms with E-state index in [4.69, 9.17) is 5.73 Å². The molecule has 1 rings (SSSR count). The van der Waals surface area contributed by atoms with Crippen LogP contribution in [0.25, 0.3) is 0 Å². The fourth-order valence-corrected chi connectivity index (χ4v) is 1.67. The van der Waals surface area contributed by atoms with Gasteiger partial charge in [-0.3, -0.25) is 4.79 Å². The van der Waals surface area contributed by atoms with E-state index in [0.717, 1.165) is 6.54 Å². The van der Waals surface area contributed by atoms with Crippen molar-refractivity contribution in [3.8, 4) is 0 Å². The number of nitrogens with zero attached hydrogens (tertiary/aromatic N) is 2. The first-order valence-corrected chi connectivity index (χ1v) is 5.94. The maximum Gasteiger partial charge on any atom is 0.254 e. The second kappa shape index (κ2) is 5.66. The van der Waals surface area contributed by atoms with E-state index in [0.29, 0.717) is 17.3 Å². The first kappa shape index (κ1) is 13.5. The summed E-state index contributed by atoms with van der Waals surface area (Å²) < 4.78 is 0. The number of nitrogens with two attached hydrogens (primary N) is 1. The zero-order chi connectivity index (χ0) is 13.0. The highest BCUT2D eigenvalue weighted by Gasteiger charge is 2.19. The number of amides is 1. The maximum absolute atomic E-state index is 12.3. The first-order valence-electron chi connectivity index (χ1n) is 5.94. The zero-order valence-corrected chi connectivity index (χ0v) is 11.0. The van der Waals surface area contributed by atoms with Gasteiger partial charge in [0.15, 0.2) is 0 Å². The van der Waals surface area contributed by atoms with E-state index >= 15 is 0 Å². The van der Waals surface area contributed by atoms with E-state index in [1.54, 1.807) is 18.3 Å². The molecule has 0 aromatic carbocycles. The van der Waals surface area contributed by atoms with Gasteiger partial charge in [-0.05, 0) is 31.9 Å². The lowest BCUT2D eigenvalue weighted by Crippen LogP contribution is -2.39. The number of nitrogen functional groups attached to an aromatic ring is 1. The SMILES string of the molecule is CC(C)CN(C(=O)c1ccnc(N)c1)C(C)C. The van der Waals surface area contributed by atoms with Crippen molar-refractivity contribution in [2.75, 3.05) is 12.3 Å². The standard InChI is InChI=1S/C13H21N3O/c1-9(2)8-16(10(3)4)13(17)11-5-6-15-12(14)7-11/h5-7,9-10H,8H2,1-4H3,(H2,14,15). The van der Waals surface area contributed by atoms with Gasteiger partial charge in [0.05, 0.1) is 0 Å². The monoisotopic (exact) mass is 235 g/mol. The minimum atomic E-state index is 0.0165. The van der Waals surface area contributed by atoms with Crippen molar-refractivity contribution in [2.45, 2.75) is 33.7 Å². The Morgan fingerprint density at radius 1 is 1.41 bits per heavy atom. The van der Waals surface area contributed by atoms with E-state index in [1.165, 1.54) is 0 Å². The predicted octanol–water partition coefficient (Wildman–Crippen LogP) is 2.17. The van der Waals surface area contributed by atoms with Crippen molar-refractivity contribution < 1.29 is 4.79 Å². The van der Waals surface area contributed by atoms with Crippen LogP contribution < -0.4 is 5.73 Å². The van der Waals surface area contributed by atoms with Crippen LogP contribution in [-0.2, 0) is 0 Å². The molecule has 2 N–H and O–H groups in total. The lowest BCUT2D eigenvalue weighted by Gasteiger charge is -2.28. The van der Waals surface area contributed by atoms with Gasteiger partial charge < -0.3 is 10.6 Å². The number of aromatic nitrogens is 1. The van der Waals surface area contributed by atoms with Crippen molar-refractivity contribution in [1.82, 2.24) is 9.88 Å². The second-order valence-electron chi connectivity index (χ2n) is 4.91. The number of carbonyl (C=O) groups is 1. The lowest BCUT2D eigenvalue weighted by molar-refractivity contribution is 0.0682. The van der Waals surface area contributed by atoms with E-state index in [-0.39, 0.29) is 11.9 Å². The molecule has 1 heterocycles. The first-order chi connectivity index (χ1) is 7.91. The van der Waals surface area contributed by atoms with Crippen LogP contribution in [-0.4, -0.2) is 28.4 Å². The Morgan fingerprint density at radius 3 is 2.53 bits per heavy atom. The van der Waals surface area contributed by atoms with Gasteiger partial charge in [-0.1, -0.05) is 13.8 Å². The van der Waals surface area contributed by atoms with Crippen molar-refractivity contribution in [1.29, 1.82) is 0 Å². The van der Waals surface area contributed by atoms with Gasteiger partial charge in [-0.25, -0.2) is 4.98 Å². The highest BCUT2D eigenvalue weighted by Crippen LogP contribution is 2.12. The number of hydrogen-bond acceptors (Lipinski definition) is 3. The molecule has 0 radical (unpaired) electrons. The molecule has 1 aromatic rings. The third kappa shape index (κ3) is 3.73. The zero-order valence-electron chi connectivity index (χ0n) is 11.0. The third-order valence-corrected chi connectivity index (χ3v) is 2.47. The summed E-state index contributed by atoms with van der Waals surface area (Å²) in [6.45, 7) is 8.99. The summed E-state index contributed by atoms with van der Waals surface area (Å²) in [5, 5.41) is 0.